The van der Waals surface area contributed by atoms with Crippen LogP contribution in [0.25, 0.3) is 11.1 Å². The normalized spacial score (nSPS) is 16.6. The van der Waals surface area contributed by atoms with E-state index in [-0.39, 0.29) is 11.9 Å². The lowest BCUT2D eigenvalue weighted by molar-refractivity contribution is 0.0611. The Morgan fingerprint density at radius 3 is 2.64 bits per heavy atom. The Kier molecular flexibility index (Phi) is 5.33. The summed E-state index contributed by atoms with van der Waals surface area (Å²) in [5, 5.41) is 0. The number of benzene rings is 1. The molecular formula is C23H23N3O2. The Morgan fingerprint density at radius 1 is 1.04 bits per heavy atom. The second-order valence-corrected chi connectivity index (χ2v) is 6.99. The number of hydrogen-bond acceptors (Lipinski definition) is 4. The number of piperidine rings is 1. The van der Waals surface area contributed by atoms with E-state index in [4.69, 9.17) is 4.74 Å². The van der Waals surface area contributed by atoms with E-state index in [1.165, 1.54) is 0 Å². The summed E-state index contributed by atoms with van der Waals surface area (Å²) in [6, 6.07) is 13.7. The predicted molar refractivity (Wildman–Crippen MR) is 108 cm³/mol. The van der Waals surface area contributed by atoms with Gasteiger partial charge in [-0.05, 0) is 54.7 Å². The van der Waals surface area contributed by atoms with Gasteiger partial charge in [-0.25, -0.2) is 0 Å². The zero-order valence-corrected chi connectivity index (χ0v) is 15.9. The molecule has 5 nitrogen and oxygen atoms in total. The first-order valence-electron chi connectivity index (χ1n) is 9.56. The quantitative estimate of drug-likeness (QED) is 0.675. The fourth-order valence-electron chi connectivity index (χ4n) is 3.75. The summed E-state index contributed by atoms with van der Waals surface area (Å²) in [5.41, 5.74) is 3.78. The summed E-state index contributed by atoms with van der Waals surface area (Å²) in [7, 11) is 1.62. The van der Waals surface area contributed by atoms with Crippen LogP contribution in [0.4, 0.5) is 0 Å². The van der Waals surface area contributed by atoms with Gasteiger partial charge in [0.2, 0.25) is 0 Å². The van der Waals surface area contributed by atoms with Crippen molar-refractivity contribution in [2.45, 2.75) is 25.3 Å². The van der Waals surface area contributed by atoms with Crippen LogP contribution in [0.15, 0.2) is 67.3 Å². The number of amides is 1. The highest BCUT2D eigenvalue weighted by molar-refractivity contribution is 5.95. The van der Waals surface area contributed by atoms with Crippen molar-refractivity contribution in [2.24, 2.45) is 0 Å². The van der Waals surface area contributed by atoms with E-state index in [0.717, 1.165) is 42.5 Å². The molecule has 1 atom stereocenters. The van der Waals surface area contributed by atoms with Crippen LogP contribution < -0.4 is 4.74 Å². The van der Waals surface area contributed by atoms with Gasteiger partial charge in [0.15, 0.2) is 0 Å². The molecule has 0 saturated carbocycles. The van der Waals surface area contributed by atoms with Crippen LogP contribution in [0.5, 0.6) is 5.75 Å². The molecule has 1 fully saturated rings. The fourth-order valence-corrected chi connectivity index (χ4v) is 3.75. The van der Waals surface area contributed by atoms with Gasteiger partial charge in [0.25, 0.3) is 5.91 Å². The summed E-state index contributed by atoms with van der Waals surface area (Å²) in [5.74, 6) is 0.786. The monoisotopic (exact) mass is 373 g/mol. The minimum absolute atomic E-state index is 0.0730. The summed E-state index contributed by atoms with van der Waals surface area (Å²) < 4.78 is 5.24. The van der Waals surface area contributed by atoms with Crippen molar-refractivity contribution in [3.8, 4) is 16.9 Å². The number of carbonyl (C=O) groups is 1. The Morgan fingerprint density at radius 2 is 1.89 bits per heavy atom. The molecule has 1 aliphatic heterocycles. The first kappa shape index (κ1) is 18.2. The molecular weight excluding hydrogens is 350 g/mol. The molecule has 2 aromatic heterocycles. The van der Waals surface area contributed by atoms with Crippen LogP contribution in [0.2, 0.25) is 0 Å². The maximum absolute atomic E-state index is 13.2. The second kappa shape index (κ2) is 8.21. The van der Waals surface area contributed by atoms with Gasteiger partial charge in [0.05, 0.1) is 19.3 Å². The Bertz CT molecular complexity index is 942. The largest absolute Gasteiger partial charge is 0.495 e. The van der Waals surface area contributed by atoms with Gasteiger partial charge in [-0.2, -0.15) is 0 Å². The molecule has 1 saturated heterocycles. The van der Waals surface area contributed by atoms with Gasteiger partial charge in [-0.1, -0.05) is 18.2 Å². The van der Waals surface area contributed by atoms with Crippen LogP contribution in [-0.4, -0.2) is 34.4 Å². The number of rotatable bonds is 4. The molecule has 4 rings (SSSR count). The van der Waals surface area contributed by atoms with Crippen molar-refractivity contribution in [3.63, 3.8) is 0 Å². The van der Waals surface area contributed by atoms with E-state index < -0.39 is 0 Å². The molecule has 0 N–H and O–H groups in total. The molecule has 142 valence electrons. The average Bonchev–Trinajstić information content (AvgIpc) is 2.79. The van der Waals surface area contributed by atoms with Crippen LogP contribution in [0.3, 0.4) is 0 Å². The van der Waals surface area contributed by atoms with Crippen molar-refractivity contribution >= 4 is 5.91 Å². The van der Waals surface area contributed by atoms with Crippen molar-refractivity contribution in [1.29, 1.82) is 0 Å². The number of aromatic nitrogens is 2. The maximum Gasteiger partial charge on any atom is 0.254 e. The number of ether oxygens (including phenoxy) is 1. The van der Waals surface area contributed by atoms with Gasteiger partial charge in [0, 0.05) is 36.3 Å². The molecule has 0 spiro atoms. The van der Waals surface area contributed by atoms with Crippen LogP contribution in [-0.2, 0) is 0 Å². The van der Waals surface area contributed by atoms with Crippen LogP contribution in [0, 0.1) is 0 Å². The van der Waals surface area contributed by atoms with Crippen LogP contribution in [0.1, 0.15) is 41.2 Å². The summed E-state index contributed by atoms with van der Waals surface area (Å²) >= 11 is 0. The SMILES string of the molecule is COc1cncc(-c2ccc(C(=O)N3CCCC[C@H]3c3cccnc3)cc2)c1. The number of methoxy groups -OCH3 is 1. The highest BCUT2D eigenvalue weighted by Crippen LogP contribution is 2.32. The maximum atomic E-state index is 13.2. The first-order chi connectivity index (χ1) is 13.8. The molecule has 0 bridgehead atoms. The average molecular weight is 373 g/mol. The van der Waals surface area contributed by atoms with E-state index in [2.05, 4.69) is 16.0 Å². The highest BCUT2D eigenvalue weighted by atomic mass is 16.5. The third-order valence-corrected chi connectivity index (χ3v) is 5.25. The van der Waals surface area contributed by atoms with Gasteiger partial charge < -0.3 is 9.64 Å². The number of carbonyl (C=O) groups excluding carboxylic acids is 1. The lowest BCUT2D eigenvalue weighted by Gasteiger charge is -2.36. The van der Waals surface area contributed by atoms with Crippen molar-refractivity contribution < 1.29 is 9.53 Å². The molecule has 5 heteroatoms. The van der Waals surface area contributed by atoms with E-state index in [0.29, 0.717) is 11.3 Å². The highest BCUT2D eigenvalue weighted by Gasteiger charge is 2.28. The first-order valence-corrected chi connectivity index (χ1v) is 9.56. The molecule has 0 radical (unpaired) electrons. The zero-order valence-electron chi connectivity index (χ0n) is 15.9. The smallest absolute Gasteiger partial charge is 0.254 e. The molecule has 28 heavy (non-hydrogen) atoms. The summed E-state index contributed by atoms with van der Waals surface area (Å²) in [6.45, 7) is 0.778. The van der Waals surface area contributed by atoms with E-state index in [9.17, 15) is 4.79 Å². The van der Waals surface area contributed by atoms with Crippen LogP contribution >= 0.6 is 0 Å². The van der Waals surface area contributed by atoms with Crippen molar-refractivity contribution in [2.75, 3.05) is 13.7 Å². The lowest BCUT2D eigenvalue weighted by Crippen LogP contribution is -2.38. The summed E-state index contributed by atoms with van der Waals surface area (Å²) in [6.07, 6.45) is 10.3. The molecule has 1 aromatic carbocycles. The number of likely N-dealkylation sites (tertiary alicyclic amines) is 1. The third-order valence-electron chi connectivity index (χ3n) is 5.25. The van der Waals surface area contributed by atoms with Gasteiger partial charge in [0.1, 0.15) is 5.75 Å². The fraction of sp³-hybridized carbons (Fsp3) is 0.261. The van der Waals surface area contributed by atoms with Crippen molar-refractivity contribution in [3.05, 3.63) is 78.4 Å². The second-order valence-electron chi connectivity index (χ2n) is 6.99. The minimum atomic E-state index is 0.0730. The number of pyridine rings is 2. The van der Waals surface area contributed by atoms with Gasteiger partial charge >= 0.3 is 0 Å². The minimum Gasteiger partial charge on any atom is -0.495 e. The predicted octanol–water partition coefficient (Wildman–Crippen LogP) is 4.52. The summed E-state index contributed by atoms with van der Waals surface area (Å²) in [4.78, 5) is 23.6. The lowest BCUT2D eigenvalue weighted by atomic mass is 9.95. The molecule has 3 aromatic rings. The van der Waals surface area contributed by atoms with E-state index >= 15 is 0 Å². The van der Waals surface area contributed by atoms with E-state index in [1.807, 2.05) is 47.5 Å². The molecule has 1 amide bonds. The topological polar surface area (TPSA) is 55.3 Å². The van der Waals surface area contributed by atoms with Gasteiger partial charge in [-0.15, -0.1) is 0 Å². The standard InChI is InChI=1S/C23H23N3O2/c1-28-21-13-20(15-25-16-21)17-7-9-18(10-8-17)23(27)26-12-3-2-6-22(26)19-5-4-11-24-14-19/h4-5,7-11,13-16,22H,2-3,6,12H2,1H3/t22-/m0/s1. The van der Waals surface area contributed by atoms with Gasteiger partial charge in [-0.3, -0.25) is 14.8 Å². The molecule has 3 heterocycles. The number of hydrogen-bond donors (Lipinski definition) is 0. The Labute approximate surface area is 165 Å². The molecule has 1 aliphatic rings. The van der Waals surface area contributed by atoms with Crippen molar-refractivity contribution in [1.82, 2.24) is 14.9 Å². The number of nitrogens with zero attached hydrogens (tertiary/aromatic N) is 3. The van der Waals surface area contributed by atoms with E-state index in [1.54, 1.807) is 25.7 Å². The molecule has 0 aliphatic carbocycles. The third kappa shape index (κ3) is 3.74. The Hall–Kier alpha value is -3.21. The Balaban J connectivity index is 1.57. The zero-order chi connectivity index (χ0) is 19.3. The molecule has 0 unspecified atom stereocenters.